The molecule has 1 aliphatic rings. The first-order chi connectivity index (χ1) is 5.68. The van der Waals surface area contributed by atoms with Crippen LogP contribution in [0, 0.1) is 7.43 Å². The van der Waals surface area contributed by atoms with Gasteiger partial charge in [0.1, 0.15) is 0 Å². The zero-order valence-corrected chi connectivity index (χ0v) is 13.6. The van der Waals surface area contributed by atoms with Crippen molar-refractivity contribution in [3.63, 3.8) is 0 Å². The van der Waals surface area contributed by atoms with Gasteiger partial charge in [0.15, 0.2) is 0 Å². The normalized spacial score (nSPS) is 18.9. The van der Waals surface area contributed by atoms with Crippen LogP contribution in [0.5, 0.6) is 0 Å². The fraction of sp³-hybridized carbons (Fsp3) is 0.900. The Kier molecular flexibility index (Phi) is 12.4. The van der Waals surface area contributed by atoms with Crippen LogP contribution in [-0.4, -0.2) is 55.7 Å². The van der Waals surface area contributed by atoms with Crippen LogP contribution in [0.15, 0.2) is 0 Å². The van der Waals surface area contributed by atoms with E-state index >= 15 is 0 Å². The van der Waals surface area contributed by atoms with Gasteiger partial charge in [-0.1, -0.05) is 0 Å². The van der Waals surface area contributed by atoms with Crippen molar-refractivity contribution in [1.82, 2.24) is 15.1 Å². The predicted molar refractivity (Wildman–Crippen MR) is 58.6 cm³/mol. The third kappa shape index (κ3) is 7.76. The second-order valence-electron chi connectivity index (χ2n) is 3.94. The van der Waals surface area contributed by atoms with Crippen LogP contribution >= 0.6 is 0 Å². The summed E-state index contributed by atoms with van der Waals surface area (Å²) in [7, 11) is 2.19. The number of hydrogen-bond acceptors (Lipinski definition) is 3. The molecule has 0 aromatic carbocycles. The first-order valence-corrected chi connectivity index (χ1v) is 4.83. The molecule has 0 aromatic heterocycles. The molecule has 1 N–H and O–H groups in total. The minimum absolute atomic E-state index is 0. The Labute approximate surface area is 132 Å². The first-order valence-electron chi connectivity index (χ1n) is 4.83. The van der Waals surface area contributed by atoms with Crippen molar-refractivity contribution >= 4 is 0 Å². The van der Waals surface area contributed by atoms with E-state index in [1.807, 2.05) is 0 Å². The molecular formula is C10H24KN3. The summed E-state index contributed by atoms with van der Waals surface area (Å²) in [5.41, 5.74) is 0. The minimum atomic E-state index is 0. The monoisotopic (exact) mass is 225 g/mol. The van der Waals surface area contributed by atoms with Gasteiger partial charge in [0.25, 0.3) is 0 Å². The molecule has 1 aliphatic heterocycles. The standard InChI is InChI=1S/C9H21N3.CH3.K/c1-9(2)10-8-12-6-4-11(3)5-7-12;;/h9-10H,4-8H2,1-3H3;1H3;/q;-1;+1. The Morgan fingerprint density at radius 2 is 1.64 bits per heavy atom. The number of hydrogen-bond donors (Lipinski definition) is 1. The molecule has 3 nitrogen and oxygen atoms in total. The van der Waals surface area contributed by atoms with Gasteiger partial charge in [-0.25, -0.2) is 0 Å². The van der Waals surface area contributed by atoms with Crippen LogP contribution in [-0.2, 0) is 0 Å². The SMILES string of the molecule is CC(C)NCN1CCN(C)CC1.[CH3-].[K+]. The fourth-order valence-electron chi connectivity index (χ4n) is 1.32. The summed E-state index contributed by atoms with van der Waals surface area (Å²) in [4.78, 5) is 4.85. The quantitative estimate of drug-likeness (QED) is 0.428. The van der Waals surface area contributed by atoms with Crippen molar-refractivity contribution in [2.24, 2.45) is 0 Å². The molecule has 0 unspecified atom stereocenters. The molecule has 0 saturated carbocycles. The average Bonchev–Trinajstić information content (AvgIpc) is 2.03. The molecule has 0 atom stereocenters. The van der Waals surface area contributed by atoms with E-state index in [1.165, 1.54) is 26.2 Å². The van der Waals surface area contributed by atoms with Crippen molar-refractivity contribution in [2.75, 3.05) is 39.9 Å². The number of likely N-dealkylation sites (N-methyl/N-ethyl adjacent to an activating group) is 1. The van der Waals surface area contributed by atoms with E-state index in [-0.39, 0.29) is 58.8 Å². The summed E-state index contributed by atoms with van der Waals surface area (Å²) in [5, 5.41) is 3.44. The summed E-state index contributed by atoms with van der Waals surface area (Å²) in [6.45, 7) is 10.3. The van der Waals surface area contributed by atoms with Gasteiger partial charge in [-0.2, -0.15) is 0 Å². The maximum atomic E-state index is 3.44. The molecule has 14 heavy (non-hydrogen) atoms. The van der Waals surface area contributed by atoms with E-state index in [1.54, 1.807) is 0 Å². The molecule has 1 saturated heterocycles. The van der Waals surface area contributed by atoms with E-state index in [9.17, 15) is 0 Å². The van der Waals surface area contributed by atoms with E-state index in [0.717, 1.165) is 6.67 Å². The Bertz CT molecular complexity index is 123. The maximum absolute atomic E-state index is 3.44. The van der Waals surface area contributed by atoms with E-state index < -0.39 is 0 Å². The third-order valence-electron chi connectivity index (χ3n) is 2.32. The zero-order chi connectivity index (χ0) is 8.97. The van der Waals surface area contributed by atoms with Gasteiger partial charge in [-0.15, -0.1) is 0 Å². The second kappa shape index (κ2) is 9.72. The molecule has 1 rings (SSSR count). The third-order valence-corrected chi connectivity index (χ3v) is 2.32. The molecule has 0 bridgehead atoms. The number of piperazine rings is 1. The van der Waals surface area contributed by atoms with Crippen LogP contribution in [0.4, 0.5) is 0 Å². The Hall–Kier alpha value is 1.52. The summed E-state index contributed by atoms with van der Waals surface area (Å²) >= 11 is 0. The number of rotatable bonds is 3. The van der Waals surface area contributed by atoms with Crippen LogP contribution in [0.25, 0.3) is 0 Å². The van der Waals surface area contributed by atoms with E-state index in [4.69, 9.17) is 0 Å². The van der Waals surface area contributed by atoms with E-state index in [2.05, 4.69) is 36.0 Å². The average molecular weight is 225 g/mol. The van der Waals surface area contributed by atoms with Gasteiger partial charge in [0.2, 0.25) is 0 Å². The van der Waals surface area contributed by atoms with Crippen molar-refractivity contribution < 1.29 is 51.4 Å². The Morgan fingerprint density at radius 1 is 1.14 bits per heavy atom. The summed E-state index contributed by atoms with van der Waals surface area (Å²) in [6.07, 6.45) is 0. The fourth-order valence-corrected chi connectivity index (χ4v) is 1.32. The van der Waals surface area contributed by atoms with Crippen LogP contribution in [0.1, 0.15) is 13.8 Å². The molecule has 0 amide bonds. The molecule has 1 heterocycles. The number of nitrogens with zero attached hydrogens (tertiary/aromatic N) is 2. The van der Waals surface area contributed by atoms with Gasteiger partial charge < -0.3 is 17.6 Å². The van der Waals surface area contributed by atoms with Gasteiger partial charge in [-0.05, 0) is 20.9 Å². The van der Waals surface area contributed by atoms with Crippen LogP contribution in [0.3, 0.4) is 0 Å². The molecular weight excluding hydrogens is 201 g/mol. The largest absolute Gasteiger partial charge is 1.00 e. The second-order valence-corrected chi connectivity index (χ2v) is 3.94. The molecule has 4 heteroatoms. The topological polar surface area (TPSA) is 18.5 Å². The van der Waals surface area contributed by atoms with Gasteiger partial charge in [0, 0.05) is 38.9 Å². The Balaban J connectivity index is 0. The zero-order valence-electron chi connectivity index (χ0n) is 10.5. The number of nitrogens with one attached hydrogen (secondary N) is 1. The van der Waals surface area contributed by atoms with E-state index in [0.29, 0.717) is 6.04 Å². The smallest absolute Gasteiger partial charge is 0.358 e. The van der Waals surface area contributed by atoms with Crippen molar-refractivity contribution in [2.45, 2.75) is 19.9 Å². The maximum Gasteiger partial charge on any atom is 1.00 e. The molecule has 0 aliphatic carbocycles. The van der Waals surface area contributed by atoms with Crippen LogP contribution in [0.2, 0.25) is 0 Å². The van der Waals surface area contributed by atoms with Gasteiger partial charge in [0.05, 0.1) is 0 Å². The summed E-state index contributed by atoms with van der Waals surface area (Å²) in [5.74, 6) is 0. The molecule has 0 radical (unpaired) electrons. The van der Waals surface area contributed by atoms with Crippen molar-refractivity contribution in [1.29, 1.82) is 0 Å². The van der Waals surface area contributed by atoms with Crippen LogP contribution < -0.4 is 56.7 Å². The summed E-state index contributed by atoms with van der Waals surface area (Å²) < 4.78 is 0. The van der Waals surface area contributed by atoms with Crippen molar-refractivity contribution in [3.8, 4) is 0 Å². The van der Waals surface area contributed by atoms with Gasteiger partial charge >= 0.3 is 51.4 Å². The Morgan fingerprint density at radius 3 is 2.07 bits per heavy atom. The molecule has 80 valence electrons. The molecule has 0 aromatic rings. The van der Waals surface area contributed by atoms with Gasteiger partial charge in [-0.3, -0.25) is 4.90 Å². The first kappa shape index (κ1) is 17.9. The molecule has 0 spiro atoms. The predicted octanol–water partition coefficient (Wildman–Crippen LogP) is -2.36. The molecule has 1 fully saturated rings. The summed E-state index contributed by atoms with van der Waals surface area (Å²) in [6, 6.07) is 0.602. The van der Waals surface area contributed by atoms with Crippen molar-refractivity contribution in [3.05, 3.63) is 7.43 Å². The minimum Gasteiger partial charge on any atom is -0.358 e.